The van der Waals surface area contributed by atoms with Gasteiger partial charge in [0.15, 0.2) is 0 Å². The molecule has 0 spiro atoms. The summed E-state index contributed by atoms with van der Waals surface area (Å²) < 4.78 is 54.0. The van der Waals surface area contributed by atoms with Gasteiger partial charge in [-0.3, -0.25) is 0 Å². The van der Waals surface area contributed by atoms with E-state index in [1.807, 2.05) is 72.8 Å². The van der Waals surface area contributed by atoms with Gasteiger partial charge in [-0.15, -0.1) is 5.30 Å². The third-order valence-corrected chi connectivity index (χ3v) is 10.9. The molecule has 0 bridgehead atoms. The van der Waals surface area contributed by atoms with Gasteiger partial charge in [0, 0.05) is 17.1 Å². The van der Waals surface area contributed by atoms with Crippen LogP contribution in [0.5, 0.6) is 0 Å². The molecule has 0 fully saturated rings. The second-order valence-electron chi connectivity index (χ2n) is 8.88. The van der Waals surface area contributed by atoms with Gasteiger partial charge in [-0.05, 0) is 69.7 Å². The Morgan fingerprint density at radius 1 is 0.463 bits per heavy atom. The van der Waals surface area contributed by atoms with Crippen molar-refractivity contribution in [3.8, 4) is 0 Å². The molecule has 0 nitrogen and oxygen atoms in total. The van der Waals surface area contributed by atoms with E-state index in [0.717, 1.165) is 31.8 Å². The van der Waals surface area contributed by atoms with Crippen molar-refractivity contribution in [1.29, 1.82) is 0 Å². The van der Waals surface area contributed by atoms with E-state index < -0.39 is 15.8 Å². The monoisotopic (exact) mass is 626 g/mol. The number of rotatable bonds is 6. The first-order chi connectivity index (χ1) is 19.5. The van der Waals surface area contributed by atoms with E-state index in [2.05, 4.69) is 0 Å². The SMILES string of the molecule is Fc1cccc(P(c2cccc(F)c2)[c-]2[cH-][cH-][cH-][cH-]2)c1.Fc1cccc(P(c2cccc(F)c2)[c-]2cccc2)c1.[Fe]. The maximum atomic E-state index is 13.5. The molecule has 0 heterocycles. The average Bonchev–Trinajstić information content (AvgIpc) is 3.65. The van der Waals surface area contributed by atoms with E-state index in [1.165, 1.54) is 48.5 Å². The van der Waals surface area contributed by atoms with E-state index in [9.17, 15) is 17.6 Å². The summed E-state index contributed by atoms with van der Waals surface area (Å²) in [5, 5.41) is 5.73. The first-order valence-corrected chi connectivity index (χ1v) is 15.2. The summed E-state index contributed by atoms with van der Waals surface area (Å²) in [6.07, 6.45) is 0. The van der Waals surface area contributed by atoms with Crippen LogP contribution in [0.25, 0.3) is 0 Å². The van der Waals surface area contributed by atoms with Crippen molar-refractivity contribution in [3.63, 3.8) is 0 Å². The third kappa shape index (κ3) is 7.91. The zero-order valence-corrected chi connectivity index (χ0v) is 24.5. The molecule has 0 radical (unpaired) electrons. The van der Waals surface area contributed by atoms with Gasteiger partial charge in [0.05, 0.1) is 0 Å². The molecule has 0 amide bonds. The van der Waals surface area contributed by atoms with E-state index in [1.54, 1.807) is 24.3 Å². The Morgan fingerprint density at radius 2 is 0.805 bits per heavy atom. The molecule has 0 aliphatic carbocycles. The van der Waals surface area contributed by atoms with E-state index in [4.69, 9.17) is 0 Å². The van der Waals surface area contributed by atoms with Crippen LogP contribution in [0.2, 0.25) is 0 Å². The molecule has 0 saturated heterocycles. The Morgan fingerprint density at radius 3 is 1.15 bits per heavy atom. The maximum absolute atomic E-state index is 13.5. The van der Waals surface area contributed by atoms with Crippen LogP contribution in [0.4, 0.5) is 17.6 Å². The molecule has 212 valence electrons. The summed E-state index contributed by atoms with van der Waals surface area (Å²) in [5.41, 5.74) is 0. The summed E-state index contributed by atoms with van der Waals surface area (Å²) >= 11 is 0. The fourth-order valence-electron chi connectivity index (χ4n) is 4.38. The van der Waals surface area contributed by atoms with Crippen molar-refractivity contribution in [2.24, 2.45) is 0 Å². The number of hydrogen-bond donors (Lipinski definition) is 0. The predicted molar refractivity (Wildman–Crippen MR) is 161 cm³/mol. The molecule has 41 heavy (non-hydrogen) atoms. The molecule has 6 aromatic rings. The van der Waals surface area contributed by atoms with Gasteiger partial charge in [0.1, 0.15) is 23.3 Å². The second-order valence-corrected chi connectivity index (χ2v) is 13.3. The van der Waals surface area contributed by atoms with Crippen LogP contribution < -0.4 is 31.8 Å². The van der Waals surface area contributed by atoms with Crippen LogP contribution in [0.3, 0.4) is 0 Å². The Hall–Kier alpha value is -3.32. The average molecular weight is 626 g/mol. The minimum absolute atomic E-state index is 0. The van der Waals surface area contributed by atoms with Gasteiger partial charge in [-0.1, -0.05) is 56.5 Å². The van der Waals surface area contributed by atoms with Gasteiger partial charge in [0.25, 0.3) is 0 Å². The Balaban J connectivity index is 0.000000184. The Kier molecular flexibility index (Phi) is 10.9. The molecule has 0 N–H and O–H groups in total. The molecule has 0 aromatic heterocycles. The Labute approximate surface area is 250 Å². The zero-order valence-electron chi connectivity index (χ0n) is 21.6. The largest absolute Gasteiger partial charge is 0.747 e. The third-order valence-electron chi connectivity index (χ3n) is 6.07. The standard InChI is InChI=1S/2C17H12F2P.Fe/c2*18-13-5-3-9-16(11-13)20(15-7-1-2-8-15)17-10-4-6-14(19)12-17;/h2*1-12H;/q-5;-1;. The number of hydrogen-bond acceptors (Lipinski definition) is 0. The molecule has 0 unspecified atom stereocenters. The number of benzene rings is 4. The molecule has 7 heteroatoms. The molecule has 0 saturated carbocycles. The summed E-state index contributed by atoms with van der Waals surface area (Å²) in [6, 6.07) is 42.0. The predicted octanol–water partition coefficient (Wildman–Crippen LogP) is 6.88. The minimum Gasteiger partial charge on any atom is -0.747 e. The smallest absolute Gasteiger partial charge is 0.123 e. The van der Waals surface area contributed by atoms with E-state index >= 15 is 0 Å². The molecule has 0 aliphatic heterocycles. The van der Waals surface area contributed by atoms with Crippen molar-refractivity contribution >= 4 is 47.7 Å². The molecular weight excluding hydrogens is 602 g/mol. The summed E-state index contributed by atoms with van der Waals surface area (Å²) in [4.78, 5) is 0. The second kappa shape index (κ2) is 14.5. The molecule has 6 aromatic carbocycles. The van der Waals surface area contributed by atoms with Crippen LogP contribution in [-0.2, 0) is 17.1 Å². The molecule has 0 atom stereocenters. The molecular formula is C34H24F4FeP2-6. The molecule has 6 rings (SSSR count). The fourth-order valence-corrected chi connectivity index (χ4v) is 9.06. The zero-order chi connectivity index (χ0) is 27.9. The van der Waals surface area contributed by atoms with Crippen LogP contribution in [-0.4, -0.2) is 0 Å². The topological polar surface area (TPSA) is 0 Å². The molecule has 0 aliphatic rings. The van der Waals surface area contributed by atoms with Crippen LogP contribution in [0, 0.1) is 23.3 Å². The van der Waals surface area contributed by atoms with Crippen LogP contribution in [0.1, 0.15) is 0 Å². The maximum Gasteiger partial charge on any atom is 0.123 e. The van der Waals surface area contributed by atoms with Crippen molar-refractivity contribution in [1.82, 2.24) is 0 Å². The van der Waals surface area contributed by atoms with Gasteiger partial charge < -0.3 is 29.6 Å². The normalized spacial score (nSPS) is 10.7. The van der Waals surface area contributed by atoms with Crippen molar-refractivity contribution < 1.29 is 34.6 Å². The number of halogens is 4. The Bertz CT molecular complexity index is 1450. The van der Waals surface area contributed by atoms with Crippen molar-refractivity contribution in [2.75, 3.05) is 0 Å². The minimum atomic E-state index is -0.921. The van der Waals surface area contributed by atoms with Gasteiger partial charge in [-0.25, -0.2) is 37.6 Å². The van der Waals surface area contributed by atoms with E-state index in [0.29, 0.717) is 0 Å². The van der Waals surface area contributed by atoms with Gasteiger partial charge >= 0.3 is 0 Å². The summed E-state index contributed by atoms with van der Waals surface area (Å²) in [6.45, 7) is 0. The van der Waals surface area contributed by atoms with Crippen LogP contribution in [0.15, 0.2) is 146 Å². The first-order valence-electron chi connectivity index (χ1n) is 12.5. The quantitative estimate of drug-likeness (QED) is 0.0819. The van der Waals surface area contributed by atoms with Crippen molar-refractivity contribution in [3.05, 3.63) is 169 Å². The summed E-state index contributed by atoms with van der Waals surface area (Å²) in [5.74, 6) is -1.06. The van der Waals surface area contributed by atoms with Gasteiger partial charge in [0.2, 0.25) is 0 Å². The summed E-state index contributed by atoms with van der Waals surface area (Å²) in [7, 11) is -1.84. The first kappa shape index (κ1) is 30.6. The van der Waals surface area contributed by atoms with Crippen molar-refractivity contribution in [2.45, 2.75) is 0 Å². The van der Waals surface area contributed by atoms with Gasteiger partial charge in [-0.2, -0.15) is 12.1 Å². The van der Waals surface area contributed by atoms with E-state index in [-0.39, 0.29) is 40.3 Å². The van der Waals surface area contributed by atoms with Crippen LogP contribution >= 0.6 is 15.8 Å². The fraction of sp³-hybridized carbons (Fsp3) is 0.